The fourth-order valence-corrected chi connectivity index (χ4v) is 2.72. The van der Waals surface area contributed by atoms with Gasteiger partial charge in [0.1, 0.15) is 17.7 Å². The van der Waals surface area contributed by atoms with Crippen LogP contribution in [0, 0.1) is 22.7 Å². The van der Waals surface area contributed by atoms with Crippen LogP contribution in [0.1, 0.15) is 11.1 Å². The van der Waals surface area contributed by atoms with E-state index in [0.29, 0.717) is 16.2 Å². The van der Waals surface area contributed by atoms with E-state index >= 15 is 0 Å². The number of hydrogen-bond acceptors (Lipinski definition) is 2. The molecule has 0 aliphatic heterocycles. The largest absolute Gasteiger partial charge is 0.361 e. The number of aromatic nitrogens is 1. The number of fused-ring (bicyclic) bond motifs is 1. The molecule has 0 amide bonds. The molecule has 0 atom stereocenters. The van der Waals surface area contributed by atoms with E-state index in [9.17, 15) is 10.5 Å². The van der Waals surface area contributed by atoms with Crippen molar-refractivity contribution in [2.75, 3.05) is 0 Å². The summed E-state index contributed by atoms with van der Waals surface area (Å²) in [6, 6.07) is 18.9. The molecule has 1 aromatic heterocycles. The van der Waals surface area contributed by atoms with Crippen LogP contribution in [0.4, 0.5) is 0 Å². The van der Waals surface area contributed by atoms with Gasteiger partial charge in [-0.15, -0.1) is 0 Å². The highest BCUT2D eigenvalue weighted by Crippen LogP contribution is 2.35. The number of para-hydroxylation sites is 1. The van der Waals surface area contributed by atoms with Gasteiger partial charge < -0.3 is 4.98 Å². The standard InChI is InChI=1S/C18H10ClN3/c19-16-7-3-1-6-14(16)18(12(9-20)10-21)15-11-22-17-8-4-2-5-13(15)17/h1-8,11,22H. The van der Waals surface area contributed by atoms with Crippen molar-refractivity contribution < 1.29 is 0 Å². The maximum atomic E-state index is 9.34. The first-order valence-corrected chi connectivity index (χ1v) is 7.00. The first-order chi connectivity index (χ1) is 10.8. The molecule has 3 nitrogen and oxygen atoms in total. The Morgan fingerprint density at radius 3 is 2.32 bits per heavy atom. The van der Waals surface area contributed by atoms with Crippen molar-refractivity contribution in [3.8, 4) is 12.1 Å². The molecule has 0 saturated carbocycles. The summed E-state index contributed by atoms with van der Waals surface area (Å²) in [6.07, 6.45) is 1.80. The number of halogens is 1. The molecule has 0 bridgehead atoms. The fourth-order valence-electron chi connectivity index (χ4n) is 2.49. The van der Waals surface area contributed by atoms with Crippen molar-refractivity contribution in [3.63, 3.8) is 0 Å². The topological polar surface area (TPSA) is 63.4 Å². The average molecular weight is 304 g/mol. The van der Waals surface area contributed by atoms with Gasteiger partial charge in [-0.25, -0.2) is 0 Å². The second-order valence-electron chi connectivity index (χ2n) is 4.70. The second kappa shape index (κ2) is 5.77. The van der Waals surface area contributed by atoms with Crippen LogP contribution >= 0.6 is 11.6 Å². The van der Waals surface area contributed by atoms with E-state index in [2.05, 4.69) is 4.98 Å². The minimum absolute atomic E-state index is 0.0397. The maximum Gasteiger partial charge on any atom is 0.138 e. The van der Waals surface area contributed by atoms with Crippen LogP contribution in [0.15, 0.2) is 60.3 Å². The van der Waals surface area contributed by atoms with Gasteiger partial charge in [-0.2, -0.15) is 10.5 Å². The molecule has 3 aromatic rings. The molecular formula is C18H10ClN3. The van der Waals surface area contributed by atoms with Crippen molar-refractivity contribution in [1.29, 1.82) is 10.5 Å². The number of nitriles is 2. The highest BCUT2D eigenvalue weighted by atomic mass is 35.5. The van der Waals surface area contributed by atoms with Gasteiger partial charge in [0.15, 0.2) is 0 Å². The average Bonchev–Trinajstić information content (AvgIpc) is 2.97. The molecule has 3 rings (SSSR count). The summed E-state index contributed by atoms with van der Waals surface area (Å²) in [4.78, 5) is 3.16. The number of nitrogens with zero attached hydrogens (tertiary/aromatic N) is 2. The first kappa shape index (κ1) is 13.9. The van der Waals surface area contributed by atoms with Gasteiger partial charge >= 0.3 is 0 Å². The Balaban J connectivity index is 2.39. The van der Waals surface area contributed by atoms with Crippen LogP contribution in [-0.2, 0) is 0 Å². The summed E-state index contributed by atoms with van der Waals surface area (Å²) in [7, 11) is 0. The molecule has 0 radical (unpaired) electrons. The van der Waals surface area contributed by atoms with E-state index in [1.807, 2.05) is 54.6 Å². The van der Waals surface area contributed by atoms with E-state index in [-0.39, 0.29) is 5.57 Å². The van der Waals surface area contributed by atoms with E-state index in [0.717, 1.165) is 16.5 Å². The Hall–Kier alpha value is -3.01. The van der Waals surface area contributed by atoms with E-state index in [4.69, 9.17) is 11.6 Å². The van der Waals surface area contributed by atoms with E-state index in [1.165, 1.54) is 0 Å². The van der Waals surface area contributed by atoms with E-state index in [1.54, 1.807) is 12.3 Å². The fraction of sp³-hybridized carbons (Fsp3) is 0. The lowest BCUT2D eigenvalue weighted by molar-refractivity contribution is 1.43. The predicted octanol–water partition coefficient (Wildman–Crippen LogP) is 4.67. The zero-order valence-corrected chi connectivity index (χ0v) is 12.2. The summed E-state index contributed by atoms with van der Waals surface area (Å²) in [5.74, 6) is 0. The Labute approximate surface area is 132 Å². The number of allylic oxidation sites excluding steroid dienone is 1. The molecular weight excluding hydrogens is 294 g/mol. The van der Waals surface area contributed by atoms with Crippen LogP contribution in [-0.4, -0.2) is 4.98 Å². The highest BCUT2D eigenvalue weighted by molar-refractivity contribution is 6.32. The smallest absolute Gasteiger partial charge is 0.138 e. The Kier molecular flexibility index (Phi) is 3.66. The number of aromatic amines is 1. The number of hydrogen-bond donors (Lipinski definition) is 1. The third-order valence-electron chi connectivity index (χ3n) is 3.48. The SMILES string of the molecule is N#CC(C#N)=C(c1ccccc1Cl)c1c[nH]c2ccccc12. The lowest BCUT2D eigenvalue weighted by Crippen LogP contribution is -1.93. The van der Waals surface area contributed by atoms with Crippen molar-refractivity contribution in [1.82, 2.24) is 4.98 Å². The molecule has 1 heterocycles. The summed E-state index contributed by atoms with van der Waals surface area (Å²) < 4.78 is 0. The number of rotatable bonds is 2. The monoisotopic (exact) mass is 303 g/mol. The molecule has 0 aliphatic rings. The van der Waals surface area contributed by atoms with Gasteiger partial charge in [0.2, 0.25) is 0 Å². The Morgan fingerprint density at radius 1 is 0.909 bits per heavy atom. The van der Waals surface area contributed by atoms with Gasteiger partial charge in [0, 0.05) is 38.8 Å². The van der Waals surface area contributed by atoms with Crippen molar-refractivity contribution in [2.45, 2.75) is 0 Å². The van der Waals surface area contributed by atoms with Crippen molar-refractivity contribution in [3.05, 3.63) is 76.5 Å². The van der Waals surface area contributed by atoms with Gasteiger partial charge in [-0.3, -0.25) is 0 Å². The Bertz CT molecular complexity index is 952. The van der Waals surface area contributed by atoms with Crippen LogP contribution in [0.2, 0.25) is 5.02 Å². The third-order valence-corrected chi connectivity index (χ3v) is 3.80. The second-order valence-corrected chi connectivity index (χ2v) is 5.11. The molecule has 0 fully saturated rings. The van der Waals surface area contributed by atoms with Gasteiger partial charge in [0.05, 0.1) is 0 Å². The summed E-state index contributed by atoms with van der Waals surface area (Å²) >= 11 is 6.28. The molecule has 0 unspecified atom stereocenters. The van der Waals surface area contributed by atoms with Gasteiger partial charge in [0.25, 0.3) is 0 Å². The molecule has 0 aliphatic carbocycles. The van der Waals surface area contributed by atoms with E-state index < -0.39 is 0 Å². The maximum absolute atomic E-state index is 9.34. The lowest BCUT2D eigenvalue weighted by atomic mass is 9.93. The first-order valence-electron chi connectivity index (χ1n) is 6.62. The quantitative estimate of drug-likeness (QED) is 0.699. The molecule has 2 aromatic carbocycles. The zero-order chi connectivity index (χ0) is 15.5. The van der Waals surface area contributed by atoms with Gasteiger partial charge in [-0.05, 0) is 12.1 Å². The van der Waals surface area contributed by atoms with Crippen LogP contribution in [0.5, 0.6) is 0 Å². The van der Waals surface area contributed by atoms with Crippen molar-refractivity contribution in [2.24, 2.45) is 0 Å². The number of benzene rings is 2. The van der Waals surface area contributed by atoms with Gasteiger partial charge in [-0.1, -0.05) is 48.0 Å². The molecule has 0 spiro atoms. The lowest BCUT2D eigenvalue weighted by Gasteiger charge is -2.09. The summed E-state index contributed by atoms with van der Waals surface area (Å²) in [6.45, 7) is 0. The third kappa shape index (κ3) is 2.24. The number of H-pyrrole nitrogens is 1. The van der Waals surface area contributed by atoms with Crippen LogP contribution < -0.4 is 0 Å². The summed E-state index contributed by atoms with van der Waals surface area (Å²) in [5, 5.41) is 20.1. The molecule has 22 heavy (non-hydrogen) atoms. The highest BCUT2D eigenvalue weighted by Gasteiger charge is 2.17. The zero-order valence-electron chi connectivity index (χ0n) is 11.5. The minimum Gasteiger partial charge on any atom is -0.361 e. The summed E-state index contributed by atoms with van der Waals surface area (Å²) in [5.41, 5.74) is 3.00. The van der Waals surface area contributed by atoms with Crippen LogP contribution in [0.25, 0.3) is 16.5 Å². The molecule has 104 valence electrons. The normalized spacial score (nSPS) is 9.95. The Morgan fingerprint density at radius 2 is 1.59 bits per heavy atom. The molecule has 0 saturated heterocycles. The predicted molar refractivity (Wildman–Crippen MR) is 87.0 cm³/mol. The molecule has 1 N–H and O–H groups in total. The van der Waals surface area contributed by atoms with Crippen molar-refractivity contribution >= 4 is 28.1 Å². The van der Waals surface area contributed by atoms with Crippen LogP contribution in [0.3, 0.4) is 0 Å². The minimum atomic E-state index is 0.0397. The molecule has 4 heteroatoms. The number of nitrogens with one attached hydrogen (secondary N) is 1.